The van der Waals surface area contributed by atoms with Crippen LogP contribution in [0.2, 0.25) is 0 Å². The normalized spacial score (nSPS) is 30.1. The van der Waals surface area contributed by atoms with E-state index < -0.39 is 0 Å². The van der Waals surface area contributed by atoms with E-state index in [-0.39, 0.29) is 6.04 Å². The van der Waals surface area contributed by atoms with Gasteiger partial charge in [0.15, 0.2) is 0 Å². The summed E-state index contributed by atoms with van der Waals surface area (Å²) < 4.78 is 5.63. The molecular formula is C13H24N4O. The summed E-state index contributed by atoms with van der Waals surface area (Å²) in [5.74, 6) is 2.04. The fourth-order valence-corrected chi connectivity index (χ4v) is 2.54. The van der Waals surface area contributed by atoms with E-state index in [1.165, 1.54) is 19.3 Å². The van der Waals surface area contributed by atoms with E-state index in [1.54, 1.807) is 0 Å². The Labute approximate surface area is 109 Å². The van der Waals surface area contributed by atoms with Gasteiger partial charge in [0.1, 0.15) is 0 Å². The van der Waals surface area contributed by atoms with Gasteiger partial charge in [-0.3, -0.25) is 0 Å². The van der Waals surface area contributed by atoms with Crippen LogP contribution in [-0.2, 0) is 0 Å². The van der Waals surface area contributed by atoms with Gasteiger partial charge in [0.2, 0.25) is 5.89 Å². The predicted octanol–water partition coefficient (Wildman–Crippen LogP) is 2.59. The third-order valence-electron chi connectivity index (χ3n) is 4.26. The van der Waals surface area contributed by atoms with Crippen molar-refractivity contribution in [2.75, 3.05) is 12.4 Å². The Morgan fingerprint density at radius 2 is 2.06 bits per heavy atom. The molecule has 1 fully saturated rings. The van der Waals surface area contributed by atoms with Crippen LogP contribution in [0.5, 0.6) is 0 Å². The van der Waals surface area contributed by atoms with Crippen LogP contribution in [0.25, 0.3) is 0 Å². The third kappa shape index (κ3) is 2.83. The van der Waals surface area contributed by atoms with Crippen molar-refractivity contribution in [1.29, 1.82) is 0 Å². The zero-order valence-electron chi connectivity index (χ0n) is 11.7. The second-order valence-electron chi connectivity index (χ2n) is 5.47. The molecule has 1 heterocycles. The van der Waals surface area contributed by atoms with Crippen LogP contribution >= 0.6 is 0 Å². The van der Waals surface area contributed by atoms with Gasteiger partial charge in [-0.15, -0.1) is 5.10 Å². The van der Waals surface area contributed by atoms with Gasteiger partial charge in [-0.05, 0) is 32.2 Å². The molecule has 0 saturated heterocycles. The minimum Gasteiger partial charge on any atom is -0.406 e. The second kappa shape index (κ2) is 5.69. The molecule has 5 heteroatoms. The Bertz CT molecular complexity index is 379. The molecule has 18 heavy (non-hydrogen) atoms. The van der Waals surface area contributed by atoms with Crippen LogP contribution in [0.1, 0.15) is 52.0 Å². The van der Waals surface area contributed by atoms with Crippen LogP contribution in [0, 0.1) is 11.8 Å². The van der Waals surface area contributed by atoms with Crippen LogP contribution in [0.4, 0.5) is 6.01 Å². The molecule has 0 bridgehead atoms. The maximum Gasteiger partial charge on any atom is 0.315 e. The molecule has 0 radical (unpaired) electrons. The van der Waals surface area contributed by atoms with Gasteiger partial charge in [-0.1, -0.05) is 31.8 Å². The number of aromatic nitrogens is 2. The van der Waals surface area contributed by atoms with Crippen LogP contribution < -0.4 is 10.6 Å². The summed E-state index contributed by atoms with van der Waals surface area (Å²) in [5.41, 5.74) is 0. The molecule has 2 rings (SSSR count). The summed E-state index contributed by atoms with van der Waals surface area (Å²) in [7, 11) is 1.88. The third-order valence-corrected chi connectivity index (χ3v) is 4.26. The summed E-state index contributed by atoms with van der Waals surface area (Å²) in [6.07, 6.45) is 3.78. The van der Waals surface area contributed by atoms with Crippen molar-refractivity contribution in [2.24, 2.45) is 11.8 Å². The zero-order valence-corrected chi connectivity index (χ0v) is 11.7. The first-order valence-corrected chi connectivity index (χ1v) is 6.89. The summed E-state index contributed by atoms with van der Waals surface area (Å²) in [4.78, 5) is 0. The molecule has 102 valence electrons. The number of nitrogens with one attached hydrogen (secondary N) is 2. The molecule has 4 atom stereocenters. The van der Waals surface area contributed by atoms with E-state index in [1.807, 2.05) is 14.0 Å². The molecule has 0 amide bonds. The summed E-state index contributed by atoms with van der Waals surface area (Å²) >= 11 is 0. The molecule has 1 aromatic rings. The Hall–Kier alpha value is -1.10. The van der Waals surface area contributed by atoms with Crippen molar-refractivity contribution in [2.45, 2.75) is 52.1 Å². The first-order chi connectivity index (χ1) is 8.61. The van der Waals surface area contributed by atoms with E-state index >= 15 is 0 Å². The minimum absolute atomic E-state index is 0.0933. The van der Waals surface area contributed by atoms with Crippen LogP contribution in [0.15, 0.2) is 4.42 Å². The molecule has 5 nitrogen and oxygen atoms in total. The molecule has 0 spiro atoms. The maximum atomic E-state index is 5.63. The summed E-state index contributed by atoms with van der Waals surface area (Å²) in [5, 5.41) is 14.6. The zero-order chi connectivity index (χ0) is 13.1. The lowest BCUT2D eigenvalue weighted by molar-refractivity contribution is 0.249. The highest BCUT2D eigenvalue weighted by Gasteiger charge is 2.28. The van der Waals surface area contributed by atoms with E-state index in [0.29, 0.717) is 23.9 Å². The largest absolute Gasteiger partial charge is 0.406 e. The van der Waals surface area contributed by atoms with Crippen molar-refractivity contribution in [3.63, 3.8) is 0 Å². The van der Waals surface area contributed by atoms with Gasteiger partial charge in [0, 0.05) is 6.04 Å². The van der Waals surface area contributed by atoms with E-state index in [2.05, 4.69) is 34.7 Å². The van der Waals surface area contributed by atoms with Gasteiger partial charge < -0.3 is 15.1 Å². The molecule has 4 unspecified atom stereocenters. The molecule has 1 aliphatic carbocycles. The summed E-state index contributed by atoms with van der Waals surface area (Å²) in [6, 6.07) is 1.10. The molecule has 0 aromatic carbocycles. The maximum absolute atomic E-state index is 5.63. The number of anilines is 1. The predicted molar refractivity (Wildman–Crippen MR) is 71.4 cm³/mol. The first kappa shape index (κ1) is 13.3. The lowest BCUT2D eigenvalue weighted by Gasteiger charge is -2.33. The van der Waals surface area contributed by atoms with E-state index in [4.69, 9.17) is 4.42 Å². The van der Waals surface area contributed by atoms with E-state index in [0.717, 1.165) is 5.92 Å². The number of hydrogen-bond acceptors (Lipinski definition) is 5. The Morgan fingerprint density at radius 3 is 2.78 bits per heavy atom. The van der Waals surface area contributed by atoms with Crippen molar-refractivity contribution in [3.8, 4) is 0 Å². The van der Waals surface area contributed by atoms with Crippen molar-refractivity contribution in [3.05, 3.63) is 5.89 Å². The fraction of sp³-hybridized carbons (Fsp3) is 0.846. The Kier molecular flexibility index (Phi) is 4.22. The molecular weight excluding hydrogens is 228 g/mol. The van der Waals surface area contributed by atoms with E-state index in [9.17, 15) is 0 Å². The molecule has 1 aliphatic rings. The molecule has 2 N–H and O–H groups in total. The highest BCUT2D eigenvalue weighted by atomic mass is 16.4. The number of nitrogens with zero attached hydrogens (tertiary/aromatic N) is 2. The SMILES string of the molecule is CNC(C)c1nnc(NC2CCCC(C)C2C)o1. The summed E-state index contributed by atoms with van der Waals surface area (Å²) in [6.45, 7) is 6.62. The average Bonchev–Trinajstić information content (AvgIpc) is 2.82. The highest BCUT2D eigenvalue weighted by molar-refractivity contribution is 5.21. The second-order valence-corrected chi connectivity index (χ2v) is 5.47. The topological polar surface area (TPSA) is 63.0 Å². The van der Waals surface area contributed by atoms with Gasteiger partial charge in [-0.2, -0.15) is 0 Å². The smallest absolute Gasteiger partial charge is 0.315 e. The Balaban J connectivity index is 1.98. The van der Waals surface area contributed by atoms with Gasteiger partial charge >= 0.3 is 6.01 Å². The van der Waals surface area contributed by atoms with Gasteiger partial charge in [-0.25, -0.2) is 0 Å². The van der Waals surface area contributed by atoms with Crippen LogP contribution in [-0.4, -0.2) is 23.3 Å². The standard InChI is InChI=1S/C13H24N4O/c1-8-6-5-7-11(9(8)2)15-13-17-16-12(18-13)10(3)14-4/h8-11,14H,5-7H2,1-4H3,(H,15,17). The lowest BCUT2D eigenvalue weighted by Crippen LogP contribution is -2.35. The quantitative estimate of drug-likeness (QED) is 0.862. The highest BCUT2D eigenvalue weighted by Crippen LogP contribution is 2.31. The van der Waals surface area contributed by atoms with Crippen molar-refractivity contribution in [1.82, 2.24) is 15.5 Å². The fourth-order valence-electron chi connectivity index (χ4n) is 2.54. The molecule has 1 aromatic heterocycles. The number of rotatable bonds is 4. The number of hydrogen-bond donors (Lipinski definition) is 2. The van der Waals surface area contributed by atoms with Gasteiger partial charge in [0.05, 0.1) is 6.04 Å². The lowest BCUT2D eigenvalue weighted by atomic mass is 9.78. The van der Waals surface area contributed by atoms with Crippen molar-refractivity contribution >= 4 is 6.01 Å². The molecule has 1 saturated carbocycles. The monoisotopic (exact) mass is 252 g/mol. The van der Waals surface area contributed by atoms with Crippen LogP contribution in [0.3, 0.4) is 0 Å². The van der Waals surface area contributed by atoms with Gasteiger partial charge in [0.25, 0.3) is 0 Å². The Morgan fingerprint density at radius 1 is 1.28 bits per heavy atom. The van der Waals surface area contributed by atoms with Crippen molar-refractivity contribution < 1.29 is 4.42 Å². The first-order valence-electron chi connectivity index (χ1n) is 6.89. The molecule has 0 aliphatic heterocycles. The minimum atomic E-state index is 0.0933. The average molecular weight is 252 g/mol.